The maximum Gasteiger partial charge on any atom is 0.236 e. The lowest BCUT2D eigenvalue weighted by molar-refractivity contribution is -0.137. The normalized spacial score (nSPS) is 22.9. The van der Waals surface area contributed by atoms with Crippen molar-refractivity contribution < 1.29 is 14.7 Å². The van der Waals surface area contributed by atoms with E-state index in [9.17, 15) is 9.59 Å². The van der Waals surface area contributed by atoms with Gasteiger partial charge in [0.2, 0.25) is 5.91 Å². The Bertz CT molecular complexity index is 245. The van der Waals surface area contributed by atoms with Crippen molar-refractivity contribution in [2.75, 3.05) is 13.2 Å². The van der Waals surface area contributed by atoms with E-state index in [-0.39, 0.29) is 24.5 Å². The fourth-order valence-corrected chi connectivity index (χ4v) is 1.73. The number of carbonyl (C=O) groups is 2. The van der Waals surface area contributed by atoms with E-state index in [2.05, 4.69) is 5.43 Å². The van der Waals surface area contributed by atoms with Crippen LogP contribution in [0.4, 0.5) is 0 Å². The first-order chi connectivity index (χ1) is 7.67. The monoisotopic (exact) mass is 228 g/mol. The van der Waals surface area contributed by atoms with E-state index in [1.807, 2.05) is 0 Å². The van der Waals surface area contributed by atoms with Gasteiger partial charge in [0, 0.05) is 24.9 Å². The van der Waals surface area contributed by atoms with Crippen LogP contribution in [0.1, 0.15) is 32.6 Å². The van der Waals surface area contributed by atoms with Crippen LogP contribution in [-0.4, -0.2) is 41.5 Å². The van der Waals surface area contributed by atoms with Gasteiger partial charge in [-0.3, -0.25) is 9.80 Å². The Morgan fingerprint density at radius 1 is 1.69 bits per heavy atom. The zero-order valence-electron chi connectivity index (χ0n) is 9.69. The van der Waals surface area contributed by atoms with Gasteiger partial charge in [-0.15, -0.1) is 0 Å². The van der Waals surface area contributed by atoms with E-state index >= 15 is 0 Å². The molecular formula is C11H20N2O3. The Morgan fingerprint density at radius 3 is 3.06 bits per heavy atom. The molecule has 1 amide bonds. The van der Waals surface area contributed by atoms with E-state index in [0.717, 1.165) is 19.1 Å². The molecule has 1 unspecified atom stereocenters. The average molecular weight is 228 g/mol. The third-order valence-electron chi connectivity index (χ3n) is 2.84. The molecule has 1 heterocycles. The van der Waals surface area contributed by atoms with Gasteiger partial charge in [0.1, 0.15) is 6.29 Å². The summed E-state index contributed by atoms with van der Waals surface area (Å²) in [5.41, 5.74) is 2.99. The van der Waals surface area contributed by atoms with E-state index in [1.54, 1.807) is 11.9 Å². The van der Waals surface area contributed by atoms with Crippen LogP contribution < -0.4 is 5.43 Å². The quantitative estimate of drug-likeness (QED) is 0.654. The Balaban J connectivity index is 2.32. The minimum atomic E-state index is -0.0672. The number of aliphatic hydroxyl groups excluding tert-OH is 1. The first-order valence-corrected chi connectivity index (χ1v) is 5.80. The number of amides is 1. The van der Waals surface area contributed by atoms with Crippen LogP contribution in [0, 0.1) is 5.92 Å². The second-order valence-electron chi connectivity index (χ2n) is 4.35. The van der Waals surface area contributed by atoms with Crippen molar-refractivity contribution >= 4 is 12.2 Å². The van der Waals surface area contributed by atoms with Gasteiger partial charge in [-0.05, 0) is 19.3 Å². The second-order valence-corrected chi connectivity index (χ2v) is 4.35. The predicted molar refractivity (Wildman–Crippen MR) is 59.4 cm³/mol. The summed E-state index contributed by atoms with van der Waals surface area (Å²) in [4.78, 5) is 22.2. The first-order valence-electron chi connectivity index (χ1n) is 5.80. The molecule has 0 bridgehead atoms. The molecule has 1 aliphatic heterocycles. The van der Waals surface area contributed by atoms with Crippen molar-refractivity contribution in [1.82, 2.24) is 10.4 Å². The van der Waals surface area contributed by atoms with Gasteiger partial charge in [-0.2, -0.15) is 0 Å². The summed E-state index contributed by atoms with van der Waals surface area (Å²) in [5, 5.41) is 10.6. The predicted octanol–water partition coefficient (Wildman–Crippen LogP) is 0.0895. The van der Waals surface area contributed by atoms with Gasteiger partial charge in [0.25, 0.3) is 0 Å². The van der Waals surface area contributed by atoms with Crippen molar-refractivity contribution in [3.63, 3.8) is 0 Å². The molecule has 1 saturated heterocycles. The largest absolute Gasteiger partial charge is 0.395 e. The summed E-state index contributed by atoms with van der Waals surface area (Å²) in [6, 6.07) is -0.0128. The summed E-state index contributed by atoms with van der Waals surface area (Å²) in [6.45, 7) is 2.54. The number of aldehydes is 1. The number of carbonyl (C=O) groups excluding carboxylic acids is 2. The van der Waals surface area contributed by atoms with Crippen molar-refractivity contribution in [3.05, 3.63) is 0 Å². The minimum absolute atomic E-state index is 0.00634. The van der Waals surface area contributed by atoms with Gasteiger partial charge in [-0.1, -0.05) is 6.92 Å². The molecule has 0 radical (unpaired) electrons. The van der Waals surface area contributed by atoms with Crippen LogP contribution in [0.3, 0.4) is 0 Å². The lowest BCUT2D eigenvalue weighted by Gasteiger charge is -2.33. The zero-order chi connectivity index (χ0) is 12.0. The van der Waals surface area contributed by atoms with Crippen LogP contribution in [0.2, 0.25) is 0 Å². The highest BCUT2D eigenvalue weighted by Gasteiger charge is 2.22. The molecule has 2 N–H and O–H groups in total. The molecule has 0 aromatic carbocycles. The topological polar surface area (TPSA) is 69.6 Å². The van der Waals surface area contributed by atoms with E-state index in [0.29, 0.717) is 19.4 Å². The smallest absolute Gasteiger partial charge is 0.236 e. The minimum Gasteiger partial charge on any atom is -0.395 e. The first kappa shape index (κ1) is 13.1. The second kappa shape index (κ2) is 6.60. The van der Waals surface area contributed by atoms with Crippen LogP contribution in [0.15, 0.2) is 0 Å². The summed E-state index contributed by atoms with van der Waals surface area (Å²) in [5.74, 6) is -0.0609. The van der Waals surface area contributed by atoms with Crippen molar-refractivity contribution in [1.29, 1.82) is 0 Å². The van der Waals surface area contributed by atoms with Gasteiger partial charge >= 0.3 is 0 Å². The highest BCUT2D eigenvalue weighted by molar-refractivity contribution is 5.76. The maximum atomic E-state index is 11.7. The molecule has 5 nitrogen and oxygen atoms in total. The lowest BCUT2D eigenvalue weighted by Crippen LogP contribution is -2.53. The molecular weight excluding hydrogens is 208 g/mol. The summed E-state index contributed by atoms with van der Waals surface area (Å²) in [7, 11) is 0. The summed E-state index contributed by atoms with van der Waals surface area (Å²) < 4.78 is 0. The Morgan fingerprint density at radius 2 is 2.44 bits per heavy atom. The highest BCUT2D eigenvalue weighted by Crippen LogP contribution is 2.10. The van der Waals surface area contributed by atoms with Crippen LogP contribution in [-0.2, 0) is 9.59 Å². The fraction of sp³-hybridized carbons (Fsp3) is 0.818. The Kier molecular flexibility index (Phi) is 5.42. The Labute approximate surface area is 95.8 Å². The van der Waals surface area contributed by atoms with Gasteiger partial charge < -0.3 is 9.90 Å². The molecule has 1 rings (SSSR count). The molecule has 0 spiro atoms. The summed E-state index contributed by atoms with van der Waals surface area (Å²) in [6.07, 6.45) is 3.64. The Hall–Kier alpha value is -0.940. The van der Waals surface area contributed by atoms with Gasteiger partial charge in [0.15, 0.2) is 0 Å². The average Bonchev–Trinajstić information content (AvgIpc) is 2.35. The molecule has 0 aliphatic carbocycles. The third kappa shape index (κ3) is 3.90. The number of nitrogens with one attached hydrogen (secondary N) is 1. The van der Waals surface area contributed by atoms with E-state index in [1.165, 1.54) is 0 Å². The number of hydrogen-bond donors (Lipinski definition) is 2. The van der Waals surface area contributed by atoms with E-state index < -0.39 is 0 Å². The molecule has 0 aromatic rings. The van der Waals surface area contributed by atoms with Crippen molar-refractivity contribution in [3.8, 4) is 0 Å². The SMILES string of the molecule is CC(C=O)CCC(=O)N1CCC[C@@H](CO)N1. The highest BCUT2D eigenvalue weighted by atomic mass is 16.3. The molecule has 16 heavy (non-hydrogen) atoms. The molecule has 2 atom stereocenters. The zero-order valence-corrected chi connectivity index (χ0v) is 9.69. The van der Waals surface area contributed by atoms with Crippen molar-refractivity contribution in [2.24, 2.45) is 5.92 Å². The number of hydrazine groups is 1. The fourth-order valence-electron chi connectivity index (χ4n) is 1.73. The van der Waals surface area contributed by atoms with E-state index in [4.69, 9.17) is 5.11 Å². The maximum absolute atomic E-state index is 11.7. The van der Waals surface area contributed by atoms with Gasteiger partial charge in [0.05, 0.1) is 6.61 Å². The summed E-state index contributed by atoms with van der Waals surface area (Å²) >= 11 is 0. The number of aliphatic hydroxyl groups is 1. The van der Waals surface area contributed by atoms with Crippen LogP contribution >= 0.6 is 0 Å². The molecule has 0 saturated carbocycles. The van der Waals surface area contributed by atoms with Crippen molar-refractivity contribution in [2.45, 2.75) is 38.6 Å². The number of nitrogens with zero attached hydrogens (tertiary/aromatic N) is 1. The molecule has 1 fully saturated rings. The van der Waals surface area contributed by atoms with Crippen LogP contribution in [0.25, 0.3) is 0 Å². The molecule has 5 heteroatoms. The van der Waals surface area contributed by atoms with Crippen LogP contribution in [0.5, 0.6) is 0 Å². The standard InChI is InChI=1S/C11H20N2O3/c1-9(7-14)4-5-11(16)13-6-2-3-10(8-15)12-13/h7,9-10,12,15H,2-6,8H2,1H3/t9?,10-/m0/s1. The number of hydrogen-bond acceptors (Lipinski definition) is 4. The molecule has 1 aliphatic rings. The number of rotatable bonds is 5. The molecule has 0 aromatic heterocycles. The lowest BCUT2D eigenvalue weighted by atomic mass is 10.1. The third-order valence-corrected chi connectivity index (χ3v) is 2.84. The van der Waals surface area contributed by atoms with Gasteiger partial charge in [-0.25, -0.2) is 5.43 Å². The molecule has 92 valence electrons.